The van der Waals surface area contributed by atoms with E-state index in [-0.39, 0.29) is 22.6 Å². The van der Waals surface area contributed by atoms with E-state index in [2.05, 4.69) is 15.3 Å². The second kappa shape index (κ2) is 7.43. The number of nitrogens with one attached hydrogen (secondary N) is 1. The first-order chi connectivity index (χ1) is 11.3. The number of rotatable bonds is 5. The van der Waals surface area contributed by atoms with Crippen molar-refractivity contribution in [1.82, 2.24) is 9.97 Å². The van der Waals surface area contributed by atoms with Crippen LogP contribution in [0.2, 0.25) is 0 Å². The first-order valence-corrected chi connectivity index (χ1v) is 7.68. The number of aromatic nitrogens is 2. The van der Waals surface area contributed by atoms with E-state index in [0.29, 0.717) is 11.3 Å². The third-order valence-electron chi connectivity index (χ3n) is 2.78. The number of carbonyl (C=O) groups excluding carboxylic acids is 2. The van der Waals surface area contributed by atoms with Crippen LogP contribution in [0, 0.1) is 0 Å². The summed E-state index contributed by atoms with van der Waals surface area (Å²) in [4.78, 5) is 30.1. The minimum atomic E-state index is -4.55. The predicted octanol–water partition coefficient (Wildman–Crippen LogP) is 3.43. The highest BCUT2D eigenvalue weighted by atomic mass is 32.2. The molecular weight excluding hydrogens is 343 g/mol. The Labute approximate surface area is 139 Å². The largest absolute Gasteiger partial charge is 0.433 e. The van der Waals surface area contributed by atoms with E-state index in [1.807, 2.05) is 0 Å². The van der Waals surface area contributed by atoms with Gasteiger partial charge in [-0.1, -0.05) is 11.8 Å². The Morgan fingerprint density at radius 2 is 1.83 bits per heavy atom. The molecule has 0 aliphatic rings. The van der Waals surface area contributed by atoms with E-state index in [9.17, 15) is 22.8 Å². The van der Waals surface area contributed by atoms with Gasteiger partial charge in [0, 0.05) is 24.4 Å². The number of halogens is 3. The molecule has 24 heavy (non-hydrogen) atoms. The van der Waals surface area contributed by atoms with Crippen molar-refractivity contribution in [2.45, 2.75) is 18.3 Å². The van der Waals surface area contributed by atoms with E-state index in [1.54, 1.807) is 12.1 Å². The van der Waals surface area contributed by atoms with Crippen LogP contribution in [0.4, 0.5) is 18.9 Å². The molecule has 2 rings (SSSR count). The van der Waals surface area contributed by atoms with Crippen LogP contribution in [-0.4, -0.2) is 27.4 Å². The minimum Gasteiger partial charge on any atom is -0.326 e. The average molecular weight is 355 g/mol. The van der Waals surface area contributed by atoms with E-state index < -0.39 is 11.9 Å². The van der Waals surface area contributed by atoms with Crippen molar-refractivity contribution in [3.05, 3.63) is 47.8 Å². The Morgan fingerprint density at radius 1 is 1.17 bits per heavy atom. The quantitative estimate of drug-likeness (QED) is 0.505. The molecule has 0 spiro atoms. The van der Waals surface area contributed by atoms with E-state index in [1.165, 1.54) is 19.1 Å². The second-order valence-electron chi connectivity index (χ2n) is 4.69. The molecule has 0 saturated carbocycles. The second-order valence-corrected chi connectivity index (χ2v) is 5.64. The van der Waals surface area contributed by atoms with Gasteiger partial charge >= 0.3 is 6.18 Å². The molecule has 0 saturated heterocycles. The maximum Gasteiger partial charge on any atom is 0.433 e. The third kappa shape index (κ3) is 5.05. The molecule has 1 aromatic heterocycles. The molecule has 5 nitrogen and oxygen atoms in total. The summed E-state index contributed by atoms with van der Waals surface area (Å²) in [7, 11) is 0. The summed E-state index contributed by atoms with van der Waals surface area (Å²) in [6.45, 7) is 1.37. The van der Waals surface area contributed by atoms with Crippen molar-refractivity contribution in [2.24, 2.45) is 0 Å². The molecule has 1 aromatic carbocycles. The first-order valence-electron chi connectivity index (χ1n) is 6.69. The number of hydrogen-bond acceptors (Lipinski definition) is 5. The average Bonchev–Trinajstić information content (AvgIpc) is 2.52. The third-order valence-corrected chi connectivity index (χ3v) is 3.64. The van der Waals surface area contributed by atoms with Crippen LogP contribution in [0.3, 0.4) is 0 Å². The fourth-order valence-electron chi connectivity index (χ4n) is 1.72. The molecule has 0 bridgehead atoms. The Morgan fingerprint density at radius 3 is 2.42 bits per heavy atom. The van der Waals surface area contributed by atoms with Gasteiger partial charge in [0.05, 0.1) is 5.75 Å². The zero-order valence-corrected chi connectivity index (χ0v) is 13.2. The van der Waals surface area contributed by atoms with Gasteiger partial charge in [0.25, 0.3) is 0 Å². The first kappa shape index (κ1) is 17.9. The molecule has 1 amide bonds. The van der Waals surface area contributed by atoms with Crippen LogP contribution in [0.1, 0.15) is 23.0 Å². The summed E-state index contributed by atoms with van der Waals surface area (Å²) in [6.07, 6.45) is -3.55. The topological polar surface area (TPSA) is 72.0 Å². The van der Waals surface area contributed by atoms with Gasteiger partial charge in [-0.2, -0.15) is 13.2 Å². The normalized spacial score (nSPS) is 11.2. The van der Waals surface area contributed by atoms with Gasteiger partial charge < -0.3 is 5.32 Å². The number of benzene rings is 1. The lowest BCUT2D eigenvalue weighted by molar-refractivity contribution is -0.141. The zero-order chi connectivity index (χ0) is 17.7. The number of amides is 1. The zero-order valence-electron chi connectivity index (χ0n) is 12.4. The van der Waals surface area contributed by atoms with E-state index in [4.69, 9.17) is 0 Å². The summed E-state index contributed by atoms with van der Waals surface area (Å²) < 4.78 is 37.7. The van der Waals surface area contributed by atoms with Crippen molar-refractivity contribution in [2.75, 3.05) is 11.1 Å². The lowest BCUT2D eigenvalue weighted by atomic mass is 10.1. The standard InChI is InChI=1S/C15H12F3N3O2S/c1-9(22)20-11-4-2-10(3-5-11)12(23)8-24-14-19-7-6-13(21-14)15(16,17)18/h2-7H,8H2,1H3,(H,20,22). The molecule has 0 atom stereocenters. The monoisotopic (exact) mass is 355 g/mol. The van der Waals surface area contributed by atoms with Crippen LogP contribution in [0.15, 0.2) is 41.7 Å². The Bertz CT molecular complexity index is 748. The maximum atomic E-state index is 12.6. The Hall–Kier alpha value is -2.42. The van der Waals surface area contributed by atoms with Crippen LogP contribution in [0.25, 0.3) is 0 Å². The Balaban J connectivity index is 1.99. The highest BCUT2D eigenvalue weighted by Crippen LogP contribution is 2.28. The van der Waals surface area contributed by atoms with Gasteiger partial charge in [-0.25, -0.2) is 9.97 Å². The van der Waals surface area contributed by atoms with Crippen molar-refractivity contribution in [1.29, 1.82) is 0 Å². The molecular formula is C15H12F3N3O2S. The smallest absolute Gasteiger partial charge is 0.326 e. The number of ketones is 1. The van der Waals surface area contributed by atoms with Crippen LogP contribution in [-0.2, 0) is 11.0 Å². The maximum absolute atomic E-state index is 12.6. The molecule has 0 aliphatic heterocycles. The van der Waals surface area contributed by atoms with Crippen LogP contribution >= 0.6 is 11.8 Å². The van der Waals surface area contributed by atoms with Gasteiger partial charge in [-0.3, -0.25) is 9.59 Å². The van der Waals surface area contributed by atoms with Crippen LogP contribution in [0.5, 0.6) is 0 Å². The molecule has 0 radical (unpaired) electrons. The van der Waals surface area contributed by atoms with Crippen molar-refractivity contribution < 1.29 is 22.8 Å². The summed E-state index contributed by atoms with van der Waals surface area (Å²) in [5, 5.41) is 2.45. The summed E-state index contributed by atoms with van der Waals surface area (Å²) in [6, 6.07) is 6.97. The van der Waals surface area contributed by atoms with Crippen molar-refractivity contribution in [3.8, 4) is 0 Å². The van der Waals surface area contributed by atoms with Gasteiger partial charge in [-0.15, -0.1) is 0 Å². The summed E-state index contributed by atoms with van der Waals surface area (Å²) in [5.41, 5.74) is -0.122. The summed E-state index contributed by atoms with van der Waals surface area (Å²) >= 11 is 0.827. The highest BCUT2D eigenvalue weighted by molar-refractivity contribution is 7.99. The lowest BCUT2D eigenvalue weighted by Gasteiger charge is -2.07. The van der Waals surface area contributed by atoms with Crippen molar-refractivity contribution in [3.63, 3.8) is 0 Å². The minimum absolute atomic E-state index is 0.0964. The van der Waals surface area contributed by atoms with Gasteiger partial charge in [0.15, 0.2) is 10.9 Å². The molecule has 2 aromatic rings. The fraction of sp³-hybridized carbons (Fsp3) is 0.200. The number of carbonyl (C=O) groups is 2. The van der Waals surface area contributed by atoms with E-state index in [0.717, 1.165) is 24.0 Å². The summed E-state index contributed by atoms with van der Waals surface area (Å²) in [5.74, 6) is -0.609. The molecule has 0 fully saturated rings. The van der Waals surface area contributed by atoms with Crippen LogP contribution < -0.4 is 5.32 Å². The molecule has 9 heteroatoms. The number of Topliss-reactive ketones (excluding diaryl/α,β-unsaturated/α-hetero) is 1. The molecule has 1 N–H and O–H groups in total. The van der Waals surface area contributed by atoms with Gasteiger partial charge in [-0.05, 0) is 30.3 Å². The number of hydrogen-bond donors (Lipinski definition) is 1. The Kier molecular flexibility index (Phi) is 5.55. The highest BCUT2D eigenvalue weighted by Gasteiger charge is 2.32. The van der Waals surface area contributed by atoms with Gasteiger partial charge in [0.2, 0.25) is 5.91 Å². The number of thioether (sulfide) groups is 1. The fourth-order valence-corrected chi connectivity index (χ4v) is 2.45. The SMILES string of the molecule is CC(=O)Nc1ccc(C(=O)CSc2nccc(C(F)(F)F)n2)cc1. The predicted molar refractivity (Wildman–Crippen MR) is 82.8 cm³/mol. The molecule has 126 valence electrons. The van der Waals surface area contributed by atoms with Gasteiger partial charge in [0.1, 0.15) is 5.69 Å². The van der Waals surface area contributed by atoms with E-state index >= 15 is 0 Å². The molecule has 1 heterocycles. The molecule has 0 unspecified atom stereocenters. The number of alkyl halides is 3. The number of anilines is 1. The van der Waals surface area contributed by atoms with Crippen molar-refractivity contribution >= 4 is 29.1 Å². The number of nitrogens with zero attached hydrogens (tertiary/aromatic N) is 2. The molecule has 0 aliphatic carbocycles. The lowest BCUT2D eigenvalue weighted by Crippen LogP contribution is -2.10.